The summed E-state index contributed by atoms with van der Waals surface area (Å²) in [4.78, 5) is 21.5. The number of aliphatic imine (C=N–C) groups is 1. The van der Waals surface area contributed by atoms with Crippen LogP contribution in [0.15, 0.2) is 47.5 Å². The summed E-state index contributed by atoms with van der Waals surface area (Å²) in [7, 11) is 0. The molecule has 0 radical (unpaired) electrons. The maximum Gasteiger partial charge on any atom is 0.487 e. The van der Waals surface area contributed by atoms with E-state index in [2.05, 4.69) is 20.0 Å². The van der Waals surface area contributed by atoms with Crippen LogP contribution in [0.1, 0.15) is 34.2 Å². The monoisotopic (exact) mass is 487 g/mol. The lowest BCUT2D eigenvalue weighted by atomic mass is 10.0. The number of carbonyl (C=O) groups excluding carboxylic acids is 1. The molecule has 2 heterocycles. The minimum Gasteiger partial charge on any atom is -0.420 e. The molecule has 1 aliphatic rings. The molecule has 0 unspecified atom stereocenters. The highest BCUT2D eigenvalue weighted by molar-refractivity contribution is 6.20. The highest BCUT2D eigenvalue weighted by Crippen LogP contribution is 2.35. The van der Waals surface area contributed by atoms with Gasteiger partial charge in [0.1, 0.15) is 17.9 Å². The van der Waals surface area contributed by atoms with E-state index in [-0.39, 0.29) is 18.4 Å². The first kappa shape index (κ1) is 23.5. The number of aromatic nitrogens is 2. The first-order valence-electron chi connectivity index (χ1n) is 10.2. The van der Waals surface area contributed by atoms with Gasteiger partial charge < -0.3 is 19.7 Å². The fourth-order valence-corrected chi connectivity index (χ4v) is 4.05. The van der Waals surface area contributed by atoms with Crippen molar-refractivity contribution in [1.29, 1.82) is 5.41 Å². The number of aliphatic hydroxyl groups is 1. The van der Waals surface area contributed by atoms with Crippen LogP contribution in [0.25, 0.3) is 16.6 Å². The maximum atomic E-state index is 13.0. The van der Waals surface area contributed by atoms with E-state index in [1.807, 2.05) is 17.6 Å². The van der Waals surface area contributed by atoms with Crippen LogP contribution < -0.4 is 10.1 Å². The van der Waals surface area contributed by atoms with Crippen LogP contribution in [-0.4, -0.2) is 45.3 Å². The molecular formula is C23H20ClF2N5O3. The van der Waals surface area contributed by atoms with Crippen molar-refractivity contribution in [1.82, 2.24) is 9.55 Å². The van der Waals surface area contributed by atoms with Crippen molar-refractivity contribution in [2.45, 2.75) is 25.0 Å². The third-order valence-electron chi connectivity index (χ3n) is 5.35. The Balaban J connectivity index is 1.71. The van der Waals surface area contributed by atoms with Crippen LogP contribution in [0.5, 0.6) is 5.75 Å². The summed E-state index contributed by atoms with van der Waals surface area (Å²) in [5.74, 6) is 0.103. The summed E-state index contributed by atoms with van der Waals surface area (Å²) in [6.45, 7) is 1.74. The molecule has 1 aromatic heterocycles. The Kier molecular flexibility index (Phi) is 6.45. The van der Waals surface area contributed by atoms with Gasteiger partial charge in [-0.25, -0.2) is 9.98 Å². The van der Waals surface area contributed by atoms with Gasteiger partial charge in [0.05, 0.1) is 23.7 Å². The molecule has 0 bridgehead atoms. The van der Waals surface area contributed by atoms with Gasteiger partial charge in [-0.2, -0.15) is 0 Å². The van der Waals surface area contributed by atoms with Crippen molar-refractivity contribution in [3.8, 4) is 5.75 Å². The molecule has 8 nitrogen and oxygen atoms in total. The standard InChI is InChI=1S/C23H20ClF2N5O3/c1-13-29-20-9-15(22(33)30-16-3-6-18(7-4-16)34-23(24,25)26)8-19-14(10-28-12-27)2-5-17(11-32)31(13)21(19)20/h2-4,6-10,12,17,27,32H,5,11H2,1H3,(H,30,33)/b27-12?,28-10-/t17-/m1/s1. The number of aryl methyl sites for hydroxylation is 1. The zero-order valence-corrected chi connectivity index (χ0v) is 18.7. The number of aliphatic hydroxyl groups excluding tert-OH is 1. The average Bonchev–Trinajstić information content (AvgIpc) is 3.02. The van der Waals surface area contributed by atoms with Crippen LogP contribution >= 0.6 is 11.6 Å². The molecule has 1 amide bonds. The third-order valence-corrected chi connectivity index (χ3v) is 5.43. The summed E-state index contributed by atoms with van der Waals surface area (Å²) in [6.07, 6.45) is 4.87. The Morgan fingerprint density at radius 3 is 2.79 bits per heavy atom. The fraction of sp³-hybridized carbons (Fsp3) is 0.217. The average molecular weight is 488 g/mol. The number of hydrogen-bond donors (Lipinski definition) is 3. The van der Waals surface area contributed by atoms with Gasteiger partial charge >= 0.3 is 5.57 Å². The van der Waals surface area contributed by atoms with E-state index in [0.29, 0.717) is 40.1 Å². The van der Waals surface area contributed by atoms with Crippen LogP contribution in [0.2, 0.25) is 0 Å². The van der Waals surface area contributed by atoms with Gasteiger partial charge in [0.15, 0.2) is 0 Å². The second-order valence-corrected chi connectivity index (χ2v) is 8.03. The quantitative estimate of drug-likeness (QED) is 0.253. The topological polar surface area (TPSA) is 113 Å². The largest absolute Gasteiger partial charge is 0.487 e. The molecule has 0 saturated heterocycles. The number of anilines is 1. The number of imidazole rings is 1. The number of benzene rings is 2. The second kappa shape index (κ2) is 9.32. The van der Waals surface area contributed by atoms with E-state index in [0.717, 1.165) is 11.9 Å². The Labute approximate surface area is 198 Å². The summed E-state index contributed by atoms with van der Waals surface area (Å²) in [5.41, 5.74) is -0.426. The van der Waals surface area contributed by atoms with Gasteiger partial charge in [0.2, 0.25) is 0 Å². The number of nitrogens with zero attached hydrogens (tertiary/aromatic N) is 3. The summed E-state index contributed by atoms with van der Waals surface area (Å²) >= 11 is 4.77. The van der Waals surface area contributed by atoms with Gasteiger partial charge in [0.25, 0.3) is 5.91 Å². The van der Waals surface area contributed by atoms with E-state index < -0.39 is 11.5 Å². The van der Waals surface area contributed by atoms with Crippen LogP contribution in [-0.2, 0) is 0 Å². The molecule has 1 atom stereocenters. The Bertz CT molecular complexity index is 1310. The molecule has 0 fully saturated rings. The number of amides is 1. The van der Waals surface area contributed by atoms with Crippen molar-refractivity contribution in [3.63, 3.8) is 0 Å². The van der Waals surface area contributed by atoms with Crippen molar-refractivity contribution < 1.29 is 23.4 Å². The zero-order chi connectivity index (χ0) is 24.5. The predicted octanol–water partition coefficient (Wildman–Crippen LogP) is 4.76. The predicted molar refractivity (Wildman–Crippen MR) is 126 cm³/mol. The molecule has 11 heteroatoms. The van der Waals surface area contributed by atoms with Crippen molar-refractivity contribution in [3.05, 3.63) is 59.4 Å². The highest BCUT2D eigenvalue weighted by atomic mass is 35.5. The second-order valence-electron chi connectivity index (χ2n) is 7.59. The lowest BCUT2D eigenvalue weighted by Gasteiger charge is -2.16. The molecule has 34 heavy (non-hydrogen) atoms. The number of allylic oxidation sites excluding steroid dienone is 2. The number of rotatable bonds is 7. The van der Waals surface area contributed by atoms with Crippen LogP contribution in [0.4, 0.5) is 14.5 Å². The van der Waals surface area contributed by atoms with Crippen molar-refractivity contribution >= 4 is 52.4 Å². The van der Waals surface area contributed by atoms with Gasteiger partial charge in [-0.3, -0.25) is 10.2 Å². The van der Waals surface area contributed by atoms with Crippen LogP contribution in [0.3, 0.4) is 0 Å². The van der Waals surface area contributed by atoms with Gasteiger partial charge in [-0.15, -0.1) is 8.78 Å². The van der Waals surface area contributed by atoms with E-state index in [4.69, 9.17) is 17.0 Å². The number of nitrogens with one attached hydrogen (secondary N) is 2. The van der Waals surface area contributed by atoms with Crippen molar-refractivity contribution in [2.75, 3.05) is 11.9 Å². The maximum absolute atomic E-state index is 13.0. The van der Waals surface area contributed by atoms with Gasteiger partial charge in [-0.1, -0.05) is 6.08 Å². The Morgan fingerprint density at radius 2 is 2.15 bits per heavy atom. The SMILES string of the molecule is Cc1nc2cc(C(=O)Nc3ccc(OC(F)(F)Cl)cc3)cc3c2n1[C@@H](CO)CC=C3/C=N\C=N. The smallest absolute Gasteiger partial charge is 0.420 e. The summed E-state index contributed by atoms with van der Waals surface area (Å²) in [6, 6.07) is 8.47. The summed E-state index contributed by atoms with van der Waals surface area (Å²) < 4.78 is 31.8. The third kappa shape index (κ3) is 4.82. The number of alkyl halides is 3. The lowest BCUT2D eigenvalue weighted by Crippen LogP contribution is -2.16. The molecule has 4 rings (SSSR count). The Morgan fingerprint density at radius 1 is 1.41 bits per heavy atom. The van der Waals surface area contributed by atoms with E-state index in [1.54, 1.807) is 12.1 Å². The number of carbonyl (C=O) groups is 1. The van der Waals surface area contributed by atoms with Crippen LogP contribution in [0, 0.1) is 12.3 Å². The molecule has 1 aliphatic heterocycles. The van der Waals surface area contributed by atoms with Gasteiger partial charge in [-0.05, 0) is 55.3 Å². The van der Waals surface area contributed by atoms with Gasteiger partial charge in [0, 0.05) is 34.6 Å². The first-order valence-corrected chi connectivity index (χ1v) is 10.6. The molecular weight excluding hydrogens is 468 g/mol. The minimum atomic E-state index is -3.83. The molecule has 3 N–H and O–H groups in total. The number of hydrogen-bond acceptors (Lipinski definition) is 5. The van der Waals surface area contributed by atoms with E-state index in [1.165, 1.54) is 30.5 Å². The highest BCUT2D eigenvalue weighted by Gasteiger charge is 2.27. The normalized spacial score (nSPS) is 15.8. The molecule has 0 spiro atoms. The van der Waals surface area contributed by atoms with E-state index >= 15 is 0 Å². The minimum absolute atomic E-state index is 0.0885. The molecule has 176 valence electrons. The first-order chi connectivity index (χ1) is 16.2. The Hall–Kier alpha value is -3.63. The molecule has 0 aliphatic carbocycles. The fourth-order valence-electron chi connectivity index (χ4n) is 3.96. The molecule has 0 saturated carbocycles. The summed E-state index contributed by atoms with van der Waals surface area (Å²) in [5, 5.41) is 19.9. The zero-order valence-electron chi connectivity index (χ0n) is 17.9. The molecule has 2 aromatic carbocycles. The van der Waals surface area contributed by atoms with E-state index in [9.17, 15) is 18.7 Å². The number of ether oxygens (including phenoxy) is 1. The van der Waals surface area contributed by atoms with Crippen molar-refractivity contribution in [2.24, 2.45) is 4.99 Å². The lowest BCUT2D eigenvalue weighted by molar-refractivity contribution is -0.0964. The molecule has 3 aromatic rings. The number of halogens is 3.